The van der Waals surface area contributed by atoms with Crippen LogP contribution in [0.4, 0.5) is 0 Å². The van der Waals surface area contributed by atoms with Crippen molar-refractivity contribution in [2.75, 3.05) is 6.54 Å². The second-order valence-electron chi connectivity index (χ2n) is 5.62. The lowest BCUT2D eigenvalue weighted by Crippen LogP contribution is -2.52. The molecule has 3 N–H and O–H groups in total. The number of rotatable bonds is 7. The van der Waals surface area contributed by atoms with Crippen LogP contribution in [0.3, 0.4) is 0 Å². The molecule has 1 heterocycles. The second-order valence-corrected chi connectivity index (χ2v) is 6.37. The van der Waals surface area contributed by atoms with Crippen LogP contribution in [0.15, 0.2) is 0 Å². The zero-order valence-corrected chi connectivity index (χ0v) is 13.0. The number of amides is 1. The number of nitrogens with zero attached hydrogens (tertiary/aromatic N) is 2. The quantitative estimate of drug-likeness (QED) is 0.802. The predicted molar refractivity (Wildman–Crippen MR) is 78.3 cm³/mol. The normalized spacial score (nSPS) is 14.4. The molecule has 1 amide bonds. The van der Waals surface area contributed by atoms with Crippen molar-refractivity contribution in [3.8, 4) is 0 Å². The molecule has 0 spiro atoms. The van der Waals surface area contributed by atoms with Crippen LogP contribution in [0.5, 0.6) is 0 Å². The van der Waals surface area contributed by atoms with Gasteiger partial charge in [0.15, 0.2) is 0 Å². The van der Waals surface area contributed by atoms with Crippen molar-refractivity contribution in [3.63, 3.8) is 0 Å². The Kier molecular flexibility index (Phi) is 5.87. The molecule has 19 heavy (non-hydrogen) atoms. The van der Waals surface area contributed by atoms with E-state index in [0.29, 0.717) is 17.3 Å². The van der Waals surface area contributed by atoms with Gasteiger partial charge in [-0.05, 0) is 37.2 Å². The van der Waals surface area contributed by atoms with Crippen LogP contribution in [0.2, 0.25) is 0 Å². The fourth-order valence-electron chi connectivity index (χ4n) is 2.20. The summed E-state index contributed by atoms with van der Waals surface area (Å²) in [6, 6.07) is 0. The van der Waals surface area contributed by atoms with E-state index >= 15 is 0 Å². The van der Waals surface area contributed by atoms with Crippen molar-refractivity contribution in [2.45, 2.75) is 52.5 Å². The Labute approximate surface area is 119 Å². The SMILES string of the molecule is CCCc1nnsc1C(=O)NC(C)(CN)CC(C)C. The summed E-state index contributed by atoms with van der Waals surface area (Å²) >= 11 is 1.15. The molecule has 1 atom stereocenters. The van der Waals surface area contributed by atoms with E-state index in [4.69, 9.17) is 5.73 Å². The van der Waals surface area contributed by atoms with Crippen molar-refractivity contribution in [3.05, 3.63) is 10.6 Å². The molecule has 1 aromatic heterocycles. The van der Waals surface area contributed by atoms with Gasteiger partial charge in [0.1, 0.15) is 4.88 Å². The monoisotopic (exact) mass is 284 g/mol. The Hall–Kier alpha value is -1.01. The van der Waals surface area contributed by atoms with E-state index < -0.39 is 0 Å². The molecular weight excluding hydrogens is 260 g/mol. The van der Waals surface area contributed by atoms with Crippen molar-refractivity contribution in [1.82, 2.24) is 14.9 Å². The highest BCUT2D eigenvalue weighted by Gasteiger charge is 2.28. The van der Waals surface area contributed by atoms with E-state index in [-0.39, 0.29) is 11.4 Å². The minimum Gasteiger partial charge on any atom is -0.345 e. The molecule has 0 aliphatic carbocycles. The van der Waals surface area contributed by atoms with Crippen molar-refractivity contribution in [1.29, 1.82) is 0 Å². The standard InChI is InChI=1S/C13H24N4OS/c1-5-6-10-11(19-17-16-10)12(18)15-13(4,8-14)7-9(2)3/h9H,5-8,14H2,1-4H3,(H,15,18). The van der Waals surface area contributed by atoms with Gasteiger partial charge >= 0.3 is 0 Å². The molecule has 1 unspecified atom stereocenters. The molecule has 0 saturated heterocycles. The van der Waals surface area contributed by atoms with E-state index in [0.717, 1.165) is 36.5 Å². The number of carbonyl (C=O) groups excluding carboxylic acids is 1. The molecule has 0 fully saturated rings. The van der Waals surface area contributed by atoms with Crippen LogP contribution >= 0.6 is 11.5 Å². The molecule has 108 valence electrons. The molecule has 1 rings (SSSR count). The van der Waals surface area contributed by atoms with Gasteiger partial charge in [-0.25, -0.2) is 0 Å². The second kappa shape index (κ2) is 6.96. The van der Waals surface area contributed by atoms with Gasteiger partial charge in [0, 0.05) is 6.54 Å². The average molecular weight is 284 g/mol. The van der Waals surface area contributed by atoms with Crippen LogP contribution in [0.25, 0.3) is 0 Å². The predicted octanol–water partition coefficient (Wildman–Crippen LogP) is 1.98. The van der Waals surface area contributed by atoms with E-state index in [1.807, 2.05) is 6.92 Å². The summed E-state index contributed by atoms with van der Waals surface area (Å²) in [5.74, 6) is 0.371. The summed E-state index contributed by atoms with van der Waals surface area (Å²) < 4.78 is 3.88. The van der Waals surface area contributed by atoms with Crippen LogP contribution in [-0.2, 0) is 6.42 Å². The van der Waals surface area contributed by atoms with Gasteiger partial charge in [-0.2, -0.15) is 0 Å². The largest absolute Gasteiger partial charge is 0.345 e. The van der Waals surface area contributed by atoms with Gasteiger partial charge in [0.2, 0.25) is 0 Å². The number of nitrogens with one attached hydrogen (secondary N) is 1. The Bertz CT molecular complexity index is 419. The number of aryl methyl sites for hydroxylation is 1. The minimum absolute atomic E-state index is 0.105. The Morgan fingerprint density at radius 2 is 2.21 bits per heavy atom. The Balaban J connectivity index is 2.79. The Morgan fingerprint density at radius 1 is 1.53 bits per heavy atom. The average Bonchev–Trinajstić information content (AvgIpc) is 2.76. The highest BCUT2D eigenvalue weighted by Crippen LogP contribution is 2.18. The zero-order valence-electron chi connectivity index (χ0n) is 12.2. The zero-order chi connectivity index (χ0) is 14.5. The number of carbonyl (C=O) groups is 1. The van der Waals surface area contributed by atoms with Crippen molar-refractivity contribution in [2.24, 2.45) is 11.7 Å². The van der Waals surface area contributed by atoms with Crippen LogP contribution in [0, 0.1) is 5.92 Å². The number of hydrogen-bond acceptors (Lipinski definition) is 5. The molecule has 5 nitrogen and oxygen atoms in total. The van der Waals surface area contributed by atoms with E-state index in [2.05, 4.69) is 35.7 Å². The van der Waals surface area contributed by atoms with Crippen LogP contribution in [-0.4, -0.2) is 27.6 Å². The first-order valence-electron chi connectivity index (χ1n) is 6.75. The number of hydrogen-bond donors (Lipinski definition) is 2. The molecule has 0 radical (unpaired) electrons. The molecular formula is C13H24N4OS. The maximum absolute atomic E-state index is 12.3. The highest BCUT2D eigenvalue weighted by molar-refractivity contribution is 7.08. The maximum Gasteiger partial charge on any atom is 0.265 e. The van der Waals surface area contributed by atoms with Gasteiger partial charge in [-0.1, -0.05) is 31.7 Å². The highest BCUT2D eigenvalue weighted by atomic mass is 32.1. The van der Waals surface area contributed by atoms with E-state index in [9.17, 15) is 4.79 Å². The molecule has 1 aromatic rings. The fraction of sp³-hybridized carbons (Fsp3) is 0.769. The molecule has 0 saturated carbocycles. The van der Waals surface area contributed by atoms with Crippen LogP contribution in [0.1, 0.15) is 55.9 Å². The summed E-state index contributed by atoms with van der Waals surface area (Å²) in [5, 5.41) is 7.06. The van der Waals surface area contributed by atoms with E-state index in [1.54, 1.807) is 0 Å². The summed E-state index contributed by atoms with van der Waals surface area (Å²) in [4.78, 5) is 12.9. The third kappa shape index (κ3) is 4.54. The number of nitrogens with two attached hydrogens (primary N) is 1. The lowest BCUT2D eigenvalue weighted by molar-refractivity contribution is 0.0901. The molecule has 0 aromatic carbocycles. The summed E-state index contributed by atoms with van der Waals surface area (Å²) in [6.07, 6.45) is 2.58. The smallest absolute Gasteiger partial charge is 0.265 e. The molecule has 0 bridgehead atoms. The van der Waals surface area contributed by atoms with Crippen LogP contribution < -0.4 is 11.1 Å². The minimum atomic E-state index is -0.376. The molecule has 0 aliphatic rings. The summed E-state index contributed by atoms with van der Waals surface area (Å²) in [7, 11) is 0. The van der Waals surface area contributed by atoms with Gasteiger partial charge in [0.25, 0.3) is 5.91 Å². The van der Waals surface area contributed by atoms with Crippen molar-refractivity contribution < 1.29 is 4.79 Å². The summed E-state index contributed by atoms with van der Waals surface area (Å²) in [6.45, 7) is 8.71. The molecule has 6 heteroatoms. The van der Waals surface area contributed by atoms with Gasteiger partial charge in [0.05, 0.1) is 11.2 Å². The topological polar surface area (TPSA) is 80.9 Å². The maximum atomic E-state index is 12.3. The van der Waals surface area contributed by atoms with Gasteiger partial charge in [-0.15, -0.1) is 5.10 Å². The molecule has 0 aliphatic heterocycles. The van der Waals surface area contributed by atoms with Gasteiger partial charge < -0.3 is 11.1 Å². The summed E-state index contributed by atoms with van der Waals surface area (Å²) in [5.41, 5.74) is 6.22. The number of aromatic nitrogens is 2. The van der Waals surface area contributed by atoms with E-state index in [1.165, 1.54) is 0 Å². The third-order valence-corrected chi connectivity index (χ3v) is 3.74. The lowest BCUT2D eigenvalue weighted by Gasteiger charge is -2.31. The Morgan fingerprint density at radius 3 is 2.74 bits per heavy atom. The van der Waals surface area contributed by atoms with Gasteiger partial charge in [-0.3, -0.25) is 4.79 Å². The first kappa shape index (κ1) is 16.0. The fourth-order valence-corrected chi connectivity index (χ4v) is 2.80. The third-order valence-electron chi connectivity index (χ3n) is 2.97. The first-order valence-corrected chi connectivity index (χ1v) is 7.53. The first-order chi connectivity index (χ1) is 8.91. The van der Waals surface area contributed by atoms with Crippen molar-refractivity contribution >= 4 is 17.4 Å². The lowest BCUT2D eigenvalue weighted by atomic mass is 9.90.